The first-order chi connectivity index (χ1) is 15.4. The van der Waals surface area contributed by atoms with Gasteiger partial charge in [0.25, 0.3) is 0 Å². The highest BCUT2D eigenvalue weighted by Gasteiger charge is 2.22. The van der Waals surface area contributed by atoms with Gasteiger partial charge >= 0.3 is 0 Å². The van der Waals surface area contributed by atoms with E-state index in [-0.39, 0.29) is 24.0 Å². The molecule has 168 valence electrons. The highest BCUT2D eigenvalue weighted by Crippen LogP contribution is 2.36. The van der Waals surface area contributed by atoms with Crippen LogP contribution in [0.1, 0.15) is 40.2 Å². The quantitative estimate of drug-likeness (QED) is 0.503. The Labute approximate surface area is 190 Å². The van der Waals surface area contributed by atoms with Gasteiger partial charge in [0, 0.05) is 24.4 Å². The van der Waals surface area contributed by atoms with Gasteiger partial charge in [-0.3, -0.25) is 4.79 Å². The summed E-state index contributed by atoms with van der Waals surface area (Å²) in [6.07, 6.45) is 0.934. The largest absolute Gasteiger partial charge is 0.507 e. The van der Waals surface area contributed by atoms with Crippen molar-refractivity contribution >= 4 is 5.91 Å². The Kier molecular flexibility index (Phi) is 7.77. The number of nitrogens with one attached hydrogen (secondary N) is 1. The van der Waals surface area contributed by atoms with Gasteiger partial charge in [-0.1, -0.05) is 48.5 Å². The van der Waals surface area contributed by atoms with E-state index in [4.69, 9.17) is 9.47 Å². The van der Waals surface area contributed by atoms with Crippen molar-refractivity contribution in [2.24, 2.45) is 0 Å². The van der Waals surface area contributed by atoms with Gasteiger partial charge in [-0.15, -0.1) is 0 Å². The number of aryl methyl sites for hydroxylation is 1. The lowest BCUT2D eigenvalue weighted by molar-refractivity contribution is -0.121. The fourth-order valence-corrected chi connectivity index (χ4v) is 3.84. The third-order valence-electron chi connectivity index (χ3n) is 5.88. The minimum absolute atomic E-state index is 0.0584. The lowest BCUT2D eigenvalue weighted by atomic mass is 9.86. The van der Waals surface area contributed by atoms with Gasteiger partial charge in [0.05, 0.1) is 14.2 Å². The molecule has 3 rings (SSSR count). The Morgan fingerprint density at radius 2 is 1.69 bits per heavy atom. The maximum Gasteiger partial charge on any atom is 0.220 e. The van der Waals surface area contributed by atoms with Crippen LogP contribution in [0.15, 0.2) is 60.7 Å². The van der Waals surface area contributed by atoms with Gasteiger partial charge in [0.15, 0.2) is 11.5 Å². The molecule has 32 heavy (non-hydrogen) atoms. The highest BCUT2D eigenvalue weighted by molar-refractivity contribution is 5.78. The molecule has 1 atom stereocenters. The Balaban J connectivity index is 1.71. The van der Waals surface area contributed by atoms with Crippen LogP contribution in [0.3, 0.4) is 0 Å². The summed E-state index contributed by atoms with van der Waals surface area (Å²) >= 11 is 0. The summed E-state index contributed by atoms with van der Waals surface area (Å²) in [7, 11) is 3.21. The maximum atomic E-state index is 12.8. The lowest BCUT2D eigenvalue weighted by Crippen LogP contribution is -2.27. The predicted octanol–water partition coefficient (Wildman–Crippen LogP) is 4.91. The molecule has 0 aliphatic heterocycles. The first kappa shape index (κ1) is 23.2. The summed E-state index contributed by atoms with van der Waals surface area (Å²) < 4.78 is 10.6. The number of carbonyl (C=O) groups is 1. The molecule has 3 aromatic rings. The van der Waals surface area contributed by atoms with Crippen LogP contribution >= 0.6 is 0 Å². The van der Waals surface area contributed by atoms with Gasteiger partial charge in [0.2, 0.25) is 5.91 Å². The van der Waals surface area contributed by atoms with Crippen molar-refractivity contribution in [1.82, 2.24) is 5.32 Å². The molecule has 2 N–H and O–H groups in total. The summed E-state index contributed by atoms with van der Waals surface area (Å²) in [4.78, 5) is 12.8. The average Bonchev–Trinajstić information content (AvgIpc) is 2.82. The molecule has 0 radical (unpaired) electrons. The molecule has 5 nitrogen and oxygen atoms in total. The molecule has 3 aromatic carbocycles. The van der Waals surface area contributed by atoms with E-state index in [0.717, 1.165) is 27.8 Å². The maximum absolute atomic E-state index is 12.8. The van der Waals surface area contributed by atoms with Gasteiger partial charge in [-0.25, -0.2) is 0 Å². The molecule has 0 aliphatic carbocycles. The molecule has 0 bridgehead atoms. The van der Waals surface area contributed by atoms with E-state index in [2.05, 4.69) is 5.32 Å². The van der Waals surface area contributed by atoms with Crippen molar-refractivity contribution in [3.05, 3.63) is 88.5 Å². The van der Waals surface area contributed by atoms with Crippen LogP contribution in [0.2, 0.25) is 0 Å². The van der Waals surface area contributed by atoms with Gasteiger partial charge < -0.3 is 19.9 Å². The van der Waals surface area contributed by atoms with Crippen LogP contribution in [-0.2, 0) is 11.2 Å². The molecule has 5 heteroatoms. The Morgan fingerprint density at radius 1 is 0.969 bits per heavy atom. The molecule has 0 saturated heterocycles. The molecule has 0 spiro atoms. The number of phenolic OH excluding ortho intramolecular Hbond substituents is 1. The Bertz CT molecular complexity index is 1060. The Morgan fingerprint density at radius 3 is 2.38 bits per heavy atom. The number of amides is 1. The molecule has 0 saturated carbocycles. The number of ether oxygens (including phenoxy) is 2. The van der Waals surface area contributed by atoms with Crippen molar-refractivity contribution in [2.75, 3.05) is 20.8 Å². The smallest absolute Gasteiger partial charge is 0.220 e. The zero-order chi connectivity index (χ0) is 23.1. The molecule has 0 unspecified atom stereocenters. The lowest BCUT2D eigenvalue weighted by Gasteiger charge is -2.21. The molecule has 1 amide bonds. The molecule has 0 aliphatic rings. The van der Waals surface area contributed by atoms with Crippen molar-refractivity contribution in [3.63, 3.8) is 0 Å². The summed E-state index contributed by atoms with van der Waals surface area (Å²) in [5.41, 5.74) is 4.69. The standard InChI is InChI=1S/C27H31NO4/c1-18-10-12-22(27(30)19(18)2)23(21-8-6-5-7-9-21)17-26(29)28-15-14-20-11-13-24(31-3)25(16-20)32-4/h5-13,16,23,30H,14-15,17H2,1-4H3,(H,28,29)/t23-/m1/s1. The number of rotatable bonds is 9. The second-order valence-electron chi connectivity index (χ2n) is 7.90. The van der Waals surface area contributed by atoms with Crippen LogP contribution in [0.25, 0.3) is 0 Å². The fourth-order valence-electron chi connectivity index (χ4n) is 3.84. The number of phenols is 1. The number of hydrogen-bond acceptors (Lipinski definition) is 4. The second-order valence-corrected chi connectivity index (χ2v) is 7.90. The number of methoxy groups -OCH3 is 2. The minimum atomic E-state index is -0.225. The number of aromatic hydroxyl groups is 1. The van der Waals surface area contributed by atoms with Crippen LogP contribution in [-0.4, -0.2) is 31.8 Å². The van der Waals surface area contributed by atoms with E-state index in [9.17, 15) is 9.90 Å². The van der Waals surface area contributed by atoms with Gasteiger partial charge in [-0.05, 0) is 54.7 Å². The van der Waals surface area contributed by atoms with Crippen LogP contribution < -0.4 is 14.8 Å². The van der Waals surface area contributed by atoms with Crippen molar-refractivity contribution in [2.45, 2.75) is 32.6 Å². The van der Waals surface area contributed by atoms with Crippen LogP contribution in [0, 0.1) is 13.8 Å². The topological polar surface area (TPSA) is 67.8 Å². The van der Waals surface area contributed by atoms with E-state index in [0.29, 0.717) is 24.5 Å². The Hall–Kier alpha value is -3.47. The molecule has 0 heterocycles. The highest BCUT2D eigenvalue weighted by atomic mass is 16.5. The van der Waals surface area contributed by atoms with Crippen LogP contribution in [0.4, 0.5) is 0 Å². The SMILES string of the molecule is COc1ccc(CCNC(=O)C[C@H](c2ccccc2)c2ccc(C)c(C)c2O)cc1OC. The summed E-state index contributed by atoms with van der Waals surface area (Å²) in [6.45, 7) is 4.38. The third kappa shape index (κ3) is 5.41. The van der Waals surface area contributed by atoms with E-state index in [1.807, 2.05) is 74.5 Å². The van der Waals surface area contributed by atoms with E-state index in [1.165, 1.54) is 0 Å². The number of carbonyl (C=O) groups excluding carboxylic acids is 1. The average molecular weight is 434 g/mol. The molecule has 0 fully saturated rings. The van der Waals surface area contributed by atoms with Crippen molar-refractivity contribution in [1.29, 1.82) is 0 Å². The number of benzene rings is 3. The van der Waals surface area contributed by atoms with Crippen molar-refractivity contribution in [3.8, 4) is 17.2 Å². The fraction of sp³-hybridized carbons (Fsp3) is 0.296. The zero-order valence-electron chi connectivity index (χ0n) is 19.1. The van der Waals surface area contributed by atoms with E-state index in [1.54, 1.807) is 14.2 Å². The predicted molar refractivity (Wildman–Crippen MR) is 127 cm³/mol. The van der Waals surface area contributed by atoms with E-state index < -0.39 is 0 Å². The monoisotopic (exact) mass is 433 g/mol. The first-order valence-corrected chi connectivity index (χ1v) is 10.8. The van der Waals surface area contributed by atoms with E-state index >= 15 is 0 Å². The number of hydrogen-bond donors (Lipinski definition) is 2. The zero-order valence-corrected chi connectivity index (χ0v) is 19.1. The molecular formula is C27H31NO4. The van der Waals surface area contributed by atoms with Crippen molar-refractivity contribution < 1.29 is 19.4 Å². The first-order valence-electron chi connectivity index (χ1n) is 10.8. The molecular weight excluding hydrogens is 402 g/mol. The van der Waals surface area contributed by atoms with Gasteiger partial charge in [0.1, 0.15) is 5.75 Å². The second kappa shape index (κ2) is 10.7. The minimum Gasteiger partial charge on any atom is -0.507 e. The normalized spacial score (nSPS) is 11.6. The summed E-state index contributed by atoms with van der Waals surface area (Å²) in [5.74, 6) is 1.33. The van der Waals surface area contributed by atoms with Crippen LogP contribution in [0.5, 0.6) is 17.2 Å². The third-order valence-corrected chi connectivity index (χ3v) is 5.88. The molecule has 0 aromatic heterocycles. The summed E-state index contributed by atoms with van der Waals surface area (Å²) in [6, 6.07) is 19.5. The summed E-state index contributed by atoms with van der Waals surface area (Å²) in [5, 5.41) is 13.8. The van der Waals surface area contributed by atoms with Gasteiger partial charge in [-0.2, -0.15) is 0 Å².